The molecule has 1 aromatic heterocycles. The maximum absolute atomic E-state index is 10.4. The summed E-state index contributed by atoms with van der Waals surface area (Å²) >= 11 is 1.19. The van der Waals surface area contributed by atoms with Crippen LogP contribution in [0.5, 0.6) is 5.06 Å². The average Bonchev–Trinajstić information content (AvgIpc) is 2.13. The molecule has 0 bridgehead atoms. The van der Waals surface area contributed by atoms with Gasteiger partial charge in [-0.05, 0) is 0 Å². The third-order valence-electron chi connectivity index (χ3n) is 0.906. The first-order chi connectivity index (χ1) is 4.68. The van der Waals surface area contributed by atoms with Crippen molar-refractivity contribution in [2.24, 2.45) is 0 Å². The smallest absolute Gasteiger partial charge is 0.221 e. The van der Waals surface area contributed by atoms with Crippen LogP contribution in [0.4, 0.5) is 5.69 Å². The predicted octanol–water partition coefficient (Wildman–Crippen LogP) is 1.41. The lowest BCUT2D eigenvalue weighted by molar-refractivity contribution is -0.114. The van der Waals surface area contributed by atoms with Crippen molar-refractivity contribution in [3.8, 4) is 5.06 Å². The minimum absolute atomic E-state index is 0.127. The zero-order chi connectivity index (χ0) is 7.56. The molecule has 0 saturated heterocycles. The topological polar surface area (TPSA) is 49.3 Å². The molecule has 4 heteroatoms. The molecule has 0 saturated carbocycles. The van der Waals surface area contributed by atoms with Gasteiger partial charge in [0, 0.05) is 18.4 Å². The molecule has 0 aliphatic carbocycles. The zero-order valence-electron chi connectivity index (χ0n) is 5.42. The van der Waals surface area contributed by atoms with E-state index in [0.717, 1.165) is 0 Å². The Morgan fingerprint density at radius 3 is 2.90 bits per heavy atom. The molecule has 0 aromatic carbocycles. The quantitative estimate of drug-likeness (QED) is 0.647. The number of thiophene rings is 1. The van der Waals surface area contributed by atoms with Crippen molar-refractivity contribution < 1.29 is 9.90 Å². The fourth-order valence-electron chi connectivity index (χ4n) is 0.594. The van der Waals surface area contributed by atoms with Gasteiger partial charge in [0.1, 0.15) is 0 Å². The van der Waals surface area contributed by atoms with Crippen molar-refractivity contribution in [1.29, 1.82) is 0 Å². The second-order valence-corrected chi connectivity index (χ2v) is 2.74. The Bertz CT molecular complexity index is 244. The second kappa shape index (κ2) is 2.70. The summed E-state index contributed by atoms with van der Waals surface area (Å²) in [7, 11) is 0. The van der Waals surface area contributed by atoms with Crippen LogP contribution in [0.1, 0.15) is 6.92 Å². The summed E-state index contributed by atoms with van der Waals surface area (Å²) in [6.45, 7) is 1.43. The van der Waals surface area contributed by atoms with E-state index in [1.54, 1.807) is 5.38 Å². The molecular weight excluding hydrogens is 150 g/mol. The first kappa shape index (κ1) is 7.08. The van der Waals surface area contributed by atoms with Gasteiger partial charge in [0.05, 0.1) is 5.69 Å². The van der Waals surface area contributed by atoms with Crippen LogP contribution < -0.4 is 5.32 Å². The molecule has 0 fully saturated rings. The molecule has 0 aliphatic rings. The highest BCUT2D eigenvalue weighted by atomic mass is 32.1. The Morgan fingerprint density at radius 2 is 2.50 bits per heavy atom. The molecule has 54 valence electrons. The van der Waals surface area contributed by atoms with Gasteiger partial charge in [0.15, 0.2) is 5.06 Å². The lowest BCUT2D eigenvalue weighted by Gasteiger charge is -1.93. The van der Waals surface area contributed by atoms with Crippen molar-refractivity contribution in [2.75, 3.05) is 5.32 Å². The Kier molecular flexibility index (Phi) is 1.91. The minimum Gasteiger partial charge on any atom is -0.499 e. The molecule has 1 aromatic rings. The molecule has 1 heterocycles. The molecule has 0 radical (unpaired) electrons. The van der Waals surface area contributed by atoms with E-state index < -0.39 is 0 Å². The van der Waals surface area contributed by atoms with E-state index in [2.05, 4.69) is 5.32 Å². The molecule has 0 unspecified atom stereocenters. The van der Waals surface area contributed by atoms with E-state index in [-0.39, 0.29) is 11.0 Å². The van der Waals surface area contributed by atoms with Crippen molar-refractivity contribution in [2.45, 2.75) is 6.92 Å². The van der Waals surface area contributed by atoms with Gasteiger partial charge in [-0.2, -0.15) is 0 Å². The Labute approximate surface area is 62.3 Å². The van der Waals surface area contributed by atoms with Gasteiger partial charge in [0.2, 0.25) is 5.91 Å². The van der Waals surface area contributed by atoms with Crippen molar-refractivity contribution in [3.63, 3.8) is 0 Å². The van der Waals surface area contributed by atoms with E-state index >= 15 is 0 Å². The maximum atomic E-state index is 10.4. The summed E-state index contributed by atoms with van der Waals surface area (Å²) in [4.78, 5) is 10.4. The number of aromatic hydroxyl groups is 1. The Balaban J connectivity index is 2.67. The molecule has 10 heavy (non-hydrogen) atoms. The van der Waals surface area contributed by atoms with Crippen LogP contribution >= 0.6 is 11.3 Å². The van der Waals surface area contributed by atoms with Gasteiger partial charge >= 0.3 is 0 Å². The lowest BCUT2D eigenvalue weighted by atomic mass is 10.5. The Hall–Kier alpha value is -1.03. The fraction of sp³-hybridized carbons (Fsp3) is 0.167. The highest BCUT2D eigenvalue weighted by Gasteiger charge is 1.97. The normalized spacial score (nSPS) is 9.30. The van der Waals surface area contributed by atoms with Crippen molar-refractivity contribution >= 4 is 22.9 Å². The molecule has 1 rings (SSSR count). The summed E-state index contributed by atoms with van der Waals surface area (Å²) in [5.41, 5.74) is 0.648. The van der Waals surface area contributed by atoms with Crippen LogP contribution in [0.15, 0.2) is 11.4 Å². The number of nitrogens with one attached hydrogen (secondary N) is 1. The highest BCUT2D eigenvalue weighted by Crippen LogP contribution is 2.24. The molecule has 3 nitrogen and oxygen atoms in total. The largest absolute Gasteiger partial charge is 0.499 e. The summed E-state index contributed by atoms with van der Waals surface area (Å²) in [5.74, 6) is -0.127. The molecule has 0 aliphatic heterocycles. The standard InChI is InChI=1S/C6H7NO2S/c1-4(8)7-5-2-6(9)10-3-5/h2-3,9H,1H3,(H,7,8). The summed E-state index contributed by atoms with van der Waals surface area (Å²) in [5, 5.41) is 13.3. The van der Waals surface area contributed by atoms with Gasteiger partial charge in [-0.15, -0.1) is 11.3 Å². The third-order valence-corrected chi connectivity index (χ3v) is 1.64. The zero-order valence-corrected chi connectivity index (χ0v) is 6.23. The van der Waals surface area contributed by atoms with E-state index in [1.807, 2.05) is 0 Å². The van der Waals surface area contributed by atoms with Crippen LogP contribution in [-0.4, -0.2) is 11.0 Å². The fourth-order valence-corrected chi connectivity index (χ4v) is 1.16. The molecule has 0 spiro atoms. The Morgan fingerprint density at radius 1 is 1.80 bits per heavy atom. The van der Waals surface area contributed by atoms with Crippen LogP contribution in [0.25, 0.3) is 0 Å². The number of carbonyl (C=O) groups is 1. The summed E-state index contributed by atoms with van der Waals surface area (Å²) < 4.78 is 0. The summed E-state index contributed by atoms with van der Waals surface area (Å²) in [6.07, 6.45) is 0. The number of hydrogen-bond acceptors (Lipinski definition) is 3. The number of rotatable bonds is 1. The SMILES string of the molecule is CC(=O)Nc1csc(O)c1. The van der Waals surface area contributed by atoms with Crippen molar-refractivity contribution in [1.82, 2.24) is 0 Å². The van der Waals surface area contributed by atoms with Crippen LogP contribution in [0.2, 0.25) is 0 Å². The van der Waals surface area contributed by atoms with Gasteiger partial charge in [-0.1, -0.05) is 0 Å². The second-order valence-electron chi connectivity index (χ2n) is 1.85. The average molecular weight is 157 g/mol. The molecule has 1 amide bonds. The van der Waals surface area contributed by atoms with Gasteiger partial charge in [-0.25, -0.2) is 0 Å². The van der Waals surface area contributed by atoms with Crippen LogP contribution in [0, 0.1) is 0 Å². The van der Waals surface area contributed by atoms with Crippen LogP contribution in [-0.2, 0) is 4.79 Å². The predicted molar refractivity (Wildman–Crippen MR) is 40.3 cm³/mol. The first-order valence-electron chi connectivity index (χ1n) is 2.73. The van der Waals surface area contributed by atoms with E-state index in [0.29, 0.717) is 5.69 Å². The molecule has 0 atom stereocenters. The number of carbonyl (C=O) groups excluding carboxylic acids is 1. The minimum atomic E-state index is -0.127. The summed E-state index contributed by atoms with van der Waals surface area (Å²) in [6, 6.07) is 1.51. The highest BCUT2D eigenvalue weighted by molar-refractivity contribution is 7.12. The van der Waals surface area contributed by atoms with Gasteiger partial charge < -0.3 is 10.4 Å². The van der Waals surface area contributed by atoms with Gasteiger partial charge in [-0.3, -0.25) is 4.79 Å². The molecular formula is C6H7NO2S. The van der Waals surface area contributed by atoms with E-state index in [1.165, 1.54) is 24.3 Å². The molecule has 2 N–H and O–H groups in total. The number of hydrogen-bond donors (Lipinski definition) is 2. The van der Waals surface area contributed by atoms with Gasteiger partial charge in [0.25, 0.3) is 0 Å². The van der Waals surface area contributed by atoms with E-state index in [4.69, 9.17) is 5.11 Å². The van der Waals surface area contributed by atoms with E-state index in [9.17, 15) is 4.79 Å². The van der Waals surface area contributed by atoms with Crippen LogP contribution in [0.3, 0.4) is 0 Å². The number of amides is 1. The maximum Gasteiger partial charge on any atom is 0.221 e. The number of anilines is 1. The lowest BCUT2D eigenvalue weighted by Crippen LogP contribution is -2.03. The van der Waals surface area contributed by atoms with Crippen molar-refractivity contribution in [3.05, 3.63) is 11.4 Å². The first-order valence-corrected chi connectivity index (χ1v) is 3.61. The monoisotopic (exact) mass is 157 g/mol. The third kappa shape index (κ3) is 1.73.